The number of hydrogen-bond acceptors (Lipinski definition) is 3. The normalized spacial score (nSPS) is 12.6. The second kappa shape index (κ2) is 9.96. The van der Waals surface area contributed by atoms with Gasteiger partial charge in [-0.05, 0) is 37.9 Å². The zero-order valence-electron chi connectivity index (χ0n) is 12.4. The van der Waals surface area contributed by atoms with Crippen molar-refractivity contribution in [2.45, 2.75) is 46.4 Å². The van der Waals surface area contributed by atoms with Crippen molar-refractivity contribution in [1.82, 2.24) is 5.32 Å². The Labute approximate surface area is 117 Å². The van der Waals surface area contributed by atoms with Crippen LogP contribution in [0.5, 0.6) is 0 Å². The summed E-state index contributed by atoms with van der Waals surface area (Å²) < 4.78 is 11.1. The van der Waals surface area contributed by atoms with E-state index in [1.54, 1.807) is 0 Å². The molecule has 0 bridgehead atoms. The Morgan fingerprint density at radius 2 is 1.79 bits per heavy atom. The molecule has 0 fully saturated rings. The molecule has 0 aliphatic heterocycles. The van der Waals surface area contributed by atoms with E-state index in [1.165, 1.54) is 17.5 Å². The minimum absolute atomic E-state index is 0.144. The molecule has 19 heavy (non-hydrogen) atoms. The van der Waals surface area contributed by atoms with Crippen molar-refractivity contribution in [3.05, 3.63) is 35.4 Å². The van der Waals surface area contributed by atoms with Gasteiger partial charge in [0.25, 0.3) is 0 Å². The SMILES string of the molecule is CCCNCc1ccc(COC(C)COCC)cc1. The lowest BCUT2D eigenvalue weighted by Crippen LogP contribution is -2.16. The standard InChI is InChI=1S/C16H27NO2/c1-4-10-17-11-15-6-8-16(9-7-15)13-19-14(3)12-18-5-2/h6-9,14,17H,4-5,10-13H2,1-3H3. The van der Waals surface area contributed by atoms with Crippen molar-refractivity contribution in [2.24, 2.45) is 0 Å². The summed E-state index contributed by atoms with van der Waals surface area (Å²) in [5, 5.41) is 3.40. The molecule has 0 radical (unpaired) electrons. The molecule has 0 heterocycles. The molecule has 1 unspecified atom stereocenters. The Balaban J connectivity index is 2.27. The predicted molar refractivity (Wildman–Crippen MR) is 79.2 cm³/mol. The summed E-state index contributed by atoms with van der Waals surface area (Å²) in [5.41, 5.74) is 2.53. The van der Waals surface area contributed by atoms with Crippen LogP contribution < -0.4 is 5.32 Å². The lowest BCUT2D eigenvalue weighted by Gasteiger charge is -2.13. The topological polar surface area (TPSA) is 30.5 Å². The number of ether oxygens (including phenoxy) is 2. The van der Waals surface area contributed by atoms with Gasteiger partial charge in [-0.3, -0.25) is 0 Å². The first-order valence-corrected chi connectivity index (χ1v) is 7.24. The van der Waals surface area contributed by atoms with Gasteiger partial charge in [-0.15, -0.1) is 0 Å². The fourth-order valence-electron chi connectivity index (χ4n) is 1.73. The minimum Gasteiger partial charge on any atom is -0.379 e. The molecule has 0 aliphatic carbocycles. The van der Waals surface area contributed by atoms with E-state index in [9.17, 15) is 0 Å². The fraction of sp³-hybridized carbons (Fsp3) is 0.625. The van der Waals surface area contributed by atoms with Crippen LogP contribution in [0.3, 0.4) is 0 Å². The van der Waals surface area contributed by atoms with E-state index >= 15 is 0 Å². The van der Waals surface area contributed by atoms with Crippen LogP contribution in [0.2, 0.25) is 0 Å². The largest absolute Gasteiger partial charge is 0.379 e. The maximum Gasteiger partial charge on any atom is 0.0785 e. The van der Waals surface area contributed by atoms with Crippen molar-refractivity contribution in [3.63, 3.8) is 0 Å². The highest BCUT2D eigenvalue weighted by atomic mass is 16.5. The monoisotopic (exact) mass is 265 g/mol. The predicted octanol–water partition coefficient (Wildman–Crippen LogP) is 3.13. The molecule has 0 aromatic heterocycles. The van der Waals surface area contributed by atoms with Gasteiger partial charge in [0.2, 0.25) is 0 Å². The molecule has 0 amide bonds. The van der Waals surface area contributed by atoms with Crippen LogP contribution in [0, 0.1) is 0 Å². The Hall–Kier alpha value is -0.900. The lowest BCUT2D eigenvalue weighted by atomic mass is 10.1. The summed E-state index contributed by atoms with van der Waals surface area (Å²) in [5.74, 6) is 0. The smallest absolute Gasteiger partial charge is 0.0785 e. The van der Waals surface area contributed by atoms with Gasteiger partial charge in [-0.25, -0.2) is 0 Å². The maximum absolute atomic E-state index is 5.73. The summed E-state index contributed by atoms with van der Waals surface area (Å²) >= 11 is 0. The average Bonchev–Trinajstić information content (AvgIpc) is 2.44. The van der Waals surface area contributed by atoms with Crippen molar-refractivity contribution in [2.75, 3.05) is 19.8 Å². The van der Waals surface area contributed by atoms with Crippen LogP contribution in [-0.2, 0) is 22.6 Å². The van der Waals surface area contributed by atoms with E-state index in [1.807, 2.05) is 13.8 Å². The number of rotatable bonds is 10. The van der Waals surface area contributed by atoms with E-state index in [4.69, 9.17) is 9.47 Å². The molecule has 1 aromatic rings. The quantitative estimate of drug-likeness (QED) is 0.659. The zero-order chi connectivity index (χ0) is 13.9. The summed E-state index contributed by atoms with van der Waals surface area (Å²) in [4.78, 5) is 0. The van der Waals surface area contributed by atoms with Gasteiger partial charge in [0.1, 0.15) is 0 Å². The molecular formula is C16H27NO2. The highest BCUT2D eigenvalue weighted by Crippen LogP contribution is 2.07. The third kappa shape index (κ3) is 7.31. The van der Waals surface area contributed by atoms with E-state index < -0.39 is 0 Å². The number of nitrogens with one attached hydrogen (secondary N) is 1. The molecule has 1 rings (SSSR count). The van der Waals surface area contributed by atoms with Crippen LogP contribution in [0.15, 0.2) is 24.3 Å². The van der Waals surface area contributed by atoms with Crippen LogP contribution >= 0.6 is 0 Å². The van der Waals surface area contributed by atoms with Crippen LogP contribution in [-0.4, -0.2) is 25.9 Å². The van der Waals surface area contributed by atoms with Gasteiger partial charge in [-0.1, -0.05) is 31.2 Å². The Morgan fingerprint density at radius 1 is 1.11 bits per heavy atom. The Bertz CT molecular complexity index is 324. The molecular weight excluding hydrogens is 238 g/mol. The summed E-state index contributed by atoms with van der Waals surface area (Å²) in [6, 6.07) is 8.59. The molecule has 0 aliphatic rings. The van der Waals surface area contributed by atoms with Gasteiger partial charge in [0.15, 0.2) is 0 Å². The van der Waals surface area contributed by atoms with Gasteiger partial charge in [0, 0.05) is 13.2 Å². The highest BCUT2D eigenvalue weighted by Gasteiger charge is 2.02. The van der Waals surface area contributed by atoms with Crippen LogP contribution in [0.4, 0.5) is 0 Å². The molecule has 1 atom stereocenters. The lowest BCUT2D eigenvalue weighted by molar-refractivity contribution is -0.0116. The van der Waals surface area contributed by atoms with E-state index in [0.717, 1.165) is 19.7 Å². The van der Waals surface area contributed by atoms with E-state index in [0.29, 0.717) is 13.2 Å². The van der Waals surface area contributed by atoms with Crippen molar-refractivity contribution in [3.8, 4) is 0 Å². The van der Waals surface area contributed by atoms with Gasteiger partial charge < -0.3 is 14.8 Å². The third-order valence-electron chi connectivity index (χ3n) is 2.87. The Kier molecular flexibility index (Phi) is 8.47. The molecule has 108 valence electrons. The molecule has 0 saturated heterocycles. The van der Waals surface area contributed by atoms with E-state index in [2.05, 4.69) is 36.5 Å². The first-order chi connectivity index (χ1) is 9.26. The minimum atomic E-state index is 0.144. The van der Waals surface area contributed by atoms with Gasteiger partial charge in [0.05, 0.1) is 19.3 Å². The molecule has 3 nitrogen and oxygen atoms in total. The second-order valence-corrected chi connectivity index (χ2v) is 4.77. The van der Waals surface area contributed by atoms with Crippen molar-refractivity contribution >= 4 is 0 Å². The molecule has 0 spiro atoms. The maximum atomic E-state index is 5.73. The van der Waals surface area contributed by atoms with Crippen LogP contribution in [0.1, 0.15) is 38.3 Å². The Morgan fingerprint density at radius 3 is 2.42 bits per heavy atom. The van der Waals surface area contributed by atoms with Gasteiger partial charge in [-0.2, -0.15) is 0 Å². The molecule has 3 heteroatoms. The second-order valence-electron chi connectivity index (χ2n) is 4.77. The first kappa shape index (κ1) is 16.2. The van der Waals surface area contributed by atoms with E-state index in [-0.39, 0.29) is 6.10 Å². The molecule has 1 aromatic carbocycles. The third-order valence-corrected chi connectivity index (χ3v) is 2.87. The summed E-state index contributed by atoms with van der Waals surface area (Å²) in [6.07, 6.45) is 1.31. The zero-order valence-corrected chi connectivity index (χ0v) is 12.4. The summed E-state index contributed by atoms with van der Waals surface area (Å²) in [7, 11) is 0. The highest BCUT2D eigenvalue weighted by molar-refractivity contribution is 5.21. The molecule has 1 N–H and O–H groups in total. The first-order valence-electron chi connectivity index (χ1n) is 7.24. The average molecular weight is 265 g/mol. The summed E-state index contributed by atoms with van der Waals surface area (Å²) in [6.45, 7) is 10.3. The van der Waals surface area contributed by atoms with Crippen molar-refractivity contribution in [1.29, 1.82) is 0 Å². The van der Waals surface area contributed by atoms with Gasteiger partial charge >= 0.3 is 0 Å². The fourth-order valence-corrected chi connectivity index (χ4v) is 1.73. The number of benzene rings is 1. The molecule has 0 saturated carbocycles. The van der Waals surface area contributed by atoms with Crippen molar-refractivity contribution < 1.29 is 9.47 Å². The van der Waals surface area contributed by atoms with Crippen LogP contribution in [0.25, 0.3) is 0 Å². The number of hydrogen-bond donors (Lipinski definition) is 1.